The molecule has 15 heavy (non-hydrogen) atoms. The minimum Gasteiger partial charge on any atom is -0.480 e. The molecule has 2 aliphatic rings. The SMILES string of the molecule is CCC(C(=O)O)N1C(=O)NC2(CC2)C1=O. The van der Waals surface area contributed by atoms with Crippen LogP contribution in [0.4, 0.5) is 4.79 Å². The normalized spacial score (nSPS) is 24.2. The van der Waals surface area contributed by atoms with Crippen LogP contribution in [0.5, 0.6) is 0 Å². The molecule has 0 aromatic carbocycles. The Balaban J connectivity index is 2.25. The average molecular weight is 212 g/mol. The summed E-state index contributed by atoms with van der Waals surface area (Å²) in [5.74, 6) is -1.53. The third-order valence-corrected chi connectivity index (χ3v) is 2.93. The Bertz CT molecular complexity index is 348. The van der Waals surface area contributed by atoms with E-state index in [4.69, 9.17) is 5.11 Å². The van der Waals surface area contributed by atoms with Crippen molar-refractivity contribution in [3.05, 3.63) is 0 Å². The van der Waals surface area contributed by atoms with Gasteiger partial charge in [0.25, 0.3) is 5.91 Å². The van der Waals surface area contributed by atoms with Crippen LogP contribution in [-0.4, -0.2) is 39.5 Å². The first-order chi connectivity index (χ1) is 7.02. The molecule has 0 radical (unpaired) electrons. The van der Waals surface area contributed by atoms with Crippen molar-refractivity contribution in [3.8, 4) is 0 Å². The quantitative estimate of drug-likeness (QED) is 0.641. The zero-order valence-corrected chi connectivity index (χ0v) is 8.32. The second-order valence-corrected chi connectivity index (χ2v) is 3.95. The summed E-state index contributed by atoms with van der Waals surface area (Å²) in [5, 5.41) is 11.4. The van der Waals surface area contributed by atoms with Gasteiger partial charge in [-0.2, -0.15) is 0 Å². The van der Waals surface area contributed by atoms with Crippen LogP contribution < -0.4 is 5.32 Å². The number of carbonyl (C=O) groups is 3. The number of nitrogens with zero attached hydrogens (tertiary/aromatic N) is 1. The Kier molecular flexibility index (Phi) is 1.95. The van der Waals surface area contributed by atoms with E-state index in [9.17, 15) is 14.4 Å². The van der Waals surface area contributed by atoms with Crippen molar-refractivity contribution in [1.29, 1.82) is 0 Å². The van der Waals surface area contributed by atoms with Crippen molar-refractivity contribution >= 4 is 17.9 Å². The molecule has 1 spiro atoms. The molecule has 1 aliphatic heterocycles. The number of hydrogen-bond acceptors (Lipinski definition) is 3. The fraction of sp³-hybridized carbons (Fsp3) is 0.667. The zero-order valence-electron chi connectivity index (χ0n) is 8.32. The first kappa shape index (κ1) is 9.95. The van der Waals surface area contributed by atoms with Crippen LogP contribution >= 0.6 is 0 Å². The van der Waals surface area contributed by atoms with Gasteiger partial charge >= 0.3 is 12.0 Å². The summed E-state index contributed by atoms with van der Waals surface area (Å²) < 4.78 is 0. The molecule has 6 nitrogen and oxygen atoms in total. The molecule has 2 rings (SSSR count). The highest BCUT2D eigenvalue weighted by Crippen LogP contribution is 2.41. The molecular formula is C9H12N2O4. The van der Waals surface area contributed by atoms with Crippen LogP contribution in [-0.2, 0) is 9.59 Å². The summed E-state index contributed by atoms with van der Waals surface area (Å²) in [6.45, 7) is 1.64. The number of aliphatic carboxylic acids is 1. The van der Waals surface area contributed by atoms with E-state index in [1.807, 2.05) is 0 Å². The van der Waals surface area contributed by atoms with Crippen molar-refractivity contribution in [3.63, 3.8) is 0 Å². The van der Waals surface area contributed by atoms with Gasteiger partial charge in [-0.25, -0.2) is 14.5 Å². The topological polar surface area (TPSA) is 86.7 Å². The predicted molar refractivity (Wildman–Crippen MR) is 49.1 cm³/mol. The summed E-state index contributed by atoms with van der Waals surface area (Å²) in [7, 11) is 0. The number of rotatable bonds is 3. The van der Waals surface area contributed by atoms with E-state index in [1.165, 1.54) is 0 Å². The average Bonchev–Trinajstić information content (AvgIpc) is 2.88. The van der Waals surface area contributed by atoms with E-state index in [0.717, 1.165) is 4.90 Å². The lowest BCUT2D eigenvalue weighted by Gasteiger charge is -2.19. The molecule has 1 saturated carbocycles. The van der Waals surface area contributed by atoms with Gasteiger partial charge < -0.3 is 10.4 Å². The number of carbonyl (C=O) groups excluding carboxylic acids is 2. The molecule has 0 aromatic rings. The van der Waals surface area contributed by atoms with Gasteiger partial charge in [0.05, 0.1) is 0 Å². The van der Waals surface area contributed by atoms with Gasteiger partial charge in [0.15, 0.2) is 0 Å². The summed E-state index contributed by atoms with van der Waals surface area (Å²) in [6.07, 6.45) is 1.46. The maximum atomic E-state index is 11.8. The monoisotopic (exact) mass is 212 g/mol. The van der Waals surface area contributed by atoms with Crippen molar-refractivity contribution in [1.82, 2.24) is 10.2 Å². The zero-order chi connectivity index (χ0) is 11.2. The molecule has 82 valence electrons. The van der Waals surface area contributed by atoms with Gasteiger partial charge in [-0.3, -0.25) is 4.79 Å². The molecule has 1 unspecified atom stereocenters. The lowest BCUT2D eigenvalue weighted by molar-refractivity contribution is -0.147. The highest BCUT2D eigenvalue weighted by atomic mass is 16.4. The number of carboxylic acids is 1. The van der Waals surface area contributed by atoms with E-state index < -0.39 is 23.6 Å². The predicted octanol–water partition coefficient (Wildman–Crippen LogP) is -0.0660. The van der Waals surface area contributed by atoms with Crippen LogP contribution in [0.3, 0.4) is 0 Å². The van der Waals surface area contributed by atoms with Gasteiger partial charge in [-0.15, -0.1) is 0 Å². The number of amides is 3. The van der Waals surface area contributed by atoms with E-state index in [0.29, 0.717) is 12.8 Å². The number of urea groups is 1. The van der Waals surface area contributed by atoms with E-state index in [1.54, 1.807) is 6.92 Å². The molecule has 1 saturated heterocycles. The minimum atomic E-state index is -1.14. The molecule has 2 fully saturated rings. The molecule has 2 N–H and O–H groups in total. The first-order valence-electron chi connectivity index (χ1n) is 4.90. The standard InChI is InChI=1S/C9H12N2O4/c1-2-5(6(12)13)11-7(14)9(3-4-9)10-8(11)15/h5H,2-4H2,1H3,(H,10,15)(H,12,13). The largest absolute Gasteiger partial charge is 0.480 e. The van der Waals surface area contributed by atoms with Crippen LogP contribution in [0.2, 0.25) is 0 Å². The van der Waals surface area contributed by atoms with Crippen LogP contribution in [0.15, 0.2) is 0 Å². The second kappa shape index (κ2) is 2.95. The summed E-state index contributed by atoms with van der Waals surface area (Å²) in [5.41, 5.74) is -0.764. The van der Waals surface area contributed by atoms with E-state index in [2.05, 4.69) is 5.32 Å². The third kappa shape index (κ3) is 1.28. The molecule has 1 heterocycles. The molecular weight excluding hydrogens is 200 g/mol. The van der Waals surface area contributed by atoms with Crippen LogP contribution in [0, 0.1) is 0 Å². The Labute approximate surface area is 86.2 Å². The summed E-state index contributed by atoms with van der Waals surface area (Å²) >= 11 is 0. The lowest BCUT2D eigenvalue weighted by atomic mass is 10.2. The Morgan fingerprint density at radius 1 is 1.60 bits per heavy atom. The van der Waals surface area contributed by atoms with Gasteiger partial charge in [0.2, 0.25) is 0 Å². The van der Waals surface area contributed by atoms with Crippen molar-refractivity contribution < 1.29 is 19.5 Å². The Morgan fingerprint density at radius 2 is 2.20 bits per heavy atom. The second-order valence-electron chi connectivity index (χ2n) is 3.95. The third-order valence-electron chi connectivity index (χ3n) is 2.93. The molecule has 1 aliphatic carbocycles. The lowest BCUT2D eigenvalue weighted by Crippen LogP contribution is -2.45. The van der Waals surface area contributed by atoms with Crippen molar-refractivity contribution in [2.24, 2.45) is 0 Å². The van der Waals surface area contributed by atoms with Gasteiger partial charge in [0, 0.05) is 0 Å². The highest BCUT2D eigenvalue weighted by Gasteiger charge is 2.61. The fourth-order valence-electron chi connectivity index (χ4n) is 1.86. The van der Waals surface area contributed by atoms with Crippen LogP contribution in [0.1, 0.15) is 26.2 Å². The number of nitrogens with one attached hydrogen (secondary N) is 1. The van der Waals surface area contributed by atoms with Gasteiger partial charge in [-0.1, -0.05) is 6.92 Å². The summed E-state index contributed by atoms with van der Waals surface area (Å²) in [4.78, 5) is 35.0. The minimum absolute atomic E-state index is 0.227. The summed E-state index contributed by atoms with van der Waals surface area (Å²) in [6, 6.07) is -1.62. The molecule has 6 heteroatoms. The first-order valence-corrected chi connectivity index (χ1v) is 4.90. The molecule has 0 bridgehead atoms. The Morgan fingerprint density at radius 3 is 2.53 bits per heavy atom. The fourth-order valence-corrected chi connectivity index (χ4v) is 1.86. The maximum Gasteiger partial charge on any atom is 0.326 e. The molecule has 0 aromatic heterocycles. The molecule has 3 amide bonds. The highest BCUT2D eigenvalue weighted by molar-refractivity contribution is 6.10. The smallest absolute Gasteiger partial charge is 0.326 e. The van der Waals surface area contributed by atoms with Crippen molar-refractivity contribution in [2.45, 2.75) is 37.8 Å². The van der Waals surface area contributed by atoms with E-state index >= 15 is 0 Å². The molecule has 1 atom stereocenters. The van der Waals surface area contributed by atoms with Crippen molar-refractivity contribution in [2.75, 3.05) is 0 Å². The number of carboxylic acid groups (broad SMARTS) is 1. The Hall–Kier alpha value is -1.59. The van der Waals surface area contributed by atoms with Gasteiger partial charge in [0.1, 0.15) is 11.6 Å². The van der Waals surface area contributed by atoms with Crippen LogP contribution in [0.25, 0.3) is 0 Å². The number of imide groups is 1. The van der Waals surface area contributed by atoms with E-state index in [-0.39, 0.29) is 12.3 Å². The number of hydrogen-bond donors (Lipinski definition) is 2. The van der Waals surface area contributed by atoms with Gasteiger partial charge in [-0.05, 0) is 19.3 Å². The maximum absolute atomic E-state index is 11.8.